The third kappa shape index (κ3) is 4.45. The number of benzene rings is 2. The number of hydrogen-bond acceptors (Lipinski definition) is 2. The summed E-state index contributed by atoms with van der Waals surface area (Å²) in [6.45, 7) is 6.73. The van der Waals surface area contributed by atoms with Gasteiger partial charge in [0.25, 0.3) is 0 Å². The van der Waals surface area contributed by atoms with Crippen molar-refractivity contribution in [1.82, 2.24) is 4.90 Å². The average molecular weight is 334 g/mol. The maximum atomic E-state index is 14.4. The van der Waals surface area contributed by atoms with Crippen LogP contribution in [-0.2, 0) is 0 Å². The summed E-state index contributed by atoms with van der Waals surface area (Å²) < 4.78 is 14.4. The lowest BCUT2D eigenvalue weighted by Crippen LogP contribution is -2.14. The summed E-state index contributed by atoms with van der Waals surface area (Å²) in [4.78, 5) is 6.26. The van der Waals surface area contributed by atoms with Gasteiger partial charge in [-0.1, -0.05) is 17.7 Å². The molecule has 0 unspecified atom stereocenters. The highest BCUT2D eigenvalue weighted by molar-refractivity contribution is 6.30. The van der Waals surface area contributed by atoms with E-state index in [0.717, 1.165) is 23.4 Å². The molecule has 3 nitrogen and oxygen atoms in total. The molecule has 1 N–H and O–H groups in total. The SMILES string of the molecule is CCN(C)/C=N\c1cc(F)c(Nc2cc(Cl)ccc2C)cc1C. The normalized spacial score (nSPS) is 11.0. The van der Waals surface area contributed by atoms with Gasteiger partial charge in [0.1, 0.15) is 5.82 Å². The van der Waals surface area contributed by atoms with E-state index in [4.69, 9.17) is 11.6 Å². The highest BCUT2D eigenvalue weighted by Crippen LogP contribution is 2.30. The molecular weight excluding hydrogens is 313 g/mol. The lowest BCUT2D eigenvalue weighted by molar-refractivity contribution is 0.552. The van der Waals surface area contributed by atoms with E-state index < -0.39 is 0 Å². The van der Waals surface area contributed by atoms with Crippen molar-refractivity contribution >= 4 is 35.0 Å². The van der Waals surface area contributed by atoms with E-state index in [1.165, 1.54) is 6.07 Å². The zero-order valence-electron chi connectivity index (χ0n) is 13.8. The van der Waals surface area contributed by atoms with Crippen molar-refractivity contribution in [3.05, 3.63) is 52.3 Å². The van der Waals surface area contributed by atoms with Gasteiger partial charge < -0.3 is 10.2 Å². The Bertz CT molecular complexity index is 728. The van der Waals surface area contributed by atoms with E-state index in [1.807, 2.05) is 44.9 Å². The number of halogens is 2. The monoisotopic (exact) mass is 333 g/mol. The highest BCUT2D eigenvalue weighted by Gasteiger charge is 2.09. The highest BCUT2D eigenvalue weighted by atomic mass is 35.5. The van der Waals surface area contributed by atoms with E-state index in [0.29, 0.717) is 16.4 Å². The number of anilines is 2. The second-order valence-corrected chi connectivity index (χ2v) is 5.96. The minimum atomic E-state index is -0.346. The first kappa shape index (κ1) is 17.3. The number of aliphatic imine (C=N–C) groups is 1. The van der Waals surface area contributed by atoms with Gasteiger partial charge in [-0.15, -0.1) is 0 Å². The van der Waals surface area contributed by atoms with Crippen molar-refractivity contribution < 1.29 is 4.39 Å². The molecule has 0 saturated heterocycles. The Labute approximate surface area is 141 Å². The Balaban J connectivity index is 2.29. The van der Waals surface area contributed by atoms with Crippen LogP contribution in [0.3, 0.4) is 0 Å². The van der Waals surface area contributed by atoms with E-state index >= 15 is 0 Å². The van der Waals surface area contributed by atoms with Crippen LogP contribution in [0.2, 0.25) is 5.02 Å². The Morgan fingerprint density at radius 1 is 1.17 bits per heavy atom. The minimum Gasteiger partial charge on any atom is -0.366 e. The first-order chi connectivity index (χ1) is 10.9. The van der Waals surface area contributed by atoms with Crippen LogP contribution in [0, 0.1) is 19.7 Å². The lowest BCUT2D eigenvalue weighted by Gasteiger charge is -2.13. The van der Waals surface area contributed by atoms with Gasteiger partial charge in [-0.3, -0.25) is 0 Å². The quantitative estimate of drug-likeness (QED) is 0.582. The second-order valence-electron chi connectivity index (χ2n) is 5.52. The molecule has 122 valence electrons. The molecule has 23 heavy (non-hydrogen) atoms. The molecule has 0 aromatic heterocycles. The molecule has 0 spiro atoms. The first-order valence-corrected chi connectivity index (χ1v) is 7.86. The summed E-state index contributed by atoms with van der Waals surface area (Å²) in [5.74, 6) is -0.346. The number of hydrogen-bond donors (Lipinski definition) is 1. The van der Waals surface area contributed by atoms with Crippen molar-refractivity contribution in [2.45, 2.75) is 20.8 Å². The number of aryl methyl sites for hydroxylation is 2. The molecule has 0 fully saturated rings. The fourth-order valence-electron chi connectivity index (χ4n) is 2.02. The molecule has 0 atom stereocenters. The lowest BCUT2D eigenvalue weighted by atomic mass is 10.1. The molecule has 0 saturated carbocycles. The van der Waals surface area contributed by atoms with Gasteiger partial charge in [0, 0.05) is 30.4 Å². The third-order valence-corrected chi connectivity index (χ3v) is 3.88. The zero-order chi connectivity index (χ0) is 17.0. The van der Waals surface area contributed by atoms with Crippen molar-refractivity contribution in [2.75, 3.05) is 18.9 Å². The maximum Gasteiger partial charge on any atom is 0.148 e. The van der Waals surface area contributed by atoms with Gasteiger partial charge in [0.2, 0.25) is 0 Å². The summed E-state index contributed by atoms with van der Waals surface area (Å²) in [5, 5.41) is 3.71. The second kappa shape index (κ2) is 7.47. The van der Waals surface area contributed by atoms with Crippen molar-refractivity contribution in [2.24, 2.45) is 4.99 Å². The molecule has 2 rings (SSSR count). The van der Waals surface area contributed by atoms with Crippen molar-refractivity contribution in [3.63, 3.8) is 0 Å². The van der Waals surface area contributed by atoms with E-state index in [2.05, 4.69) is 10.3 Å². The smallest absolute Gasteiger partial charge is 0.148 e. The van der Waals surface area contributed by atoms with Gasteiger partial charge in [0.15, 0.2) is 0 Å². The average Bonchev–Trinajstić information content (AvgIpc) is 2.52. The Hall–Kier alpha value is -2.07. The van der Waals surface area contributed by atoms with Crippen LogP contribution in [0.1, 0.15) is 18.1 Å². The fourth-order valence-corrected chi connectivity index (χ4v) is 2.19. The van der Waals surface area contributed by atoms with Gasteiger partial charge in [0.05, 0.1) is 17.7 Å². The molecule has 0 aliphatic carbocycles. The van der Waals surface area contributed by atoms with Gasteiger partial charge in [-0.05, 0) is 50.1 Å². The topological polar surface area (TPSA) is 27.6 Å². The Kier molecular flexibility index (Phi) is 5.61. The molecule has 0 amide bonds. The predicted molar refractivity (Wildman–Crippen MR) is 97.1 cm³/mol. The van der Waals surface area contributed by atoms with Crippen molar-refractivity contribution in [1.29, 1.82) is 0 Å². The fraction of sp³-hybridized carbons (Fsp3) is 0.278. The molecule has 2 aromatic rings. The summed E-state index contributed by atoms with van der Waals surface area (Å²) in [5.41, 5.74) is 3.72. The van der Waals surface area contributed by atoms with Gasteiger partial charge in [-0.2, -0.15) is 0 Å². The van der Waals surface area contributed by atoms with Crippen LogP contribution < -0.4 is 5.32 Å². The maximum absolute atomic E-state index is 14.4. The first-order valence-electron chi connectivity index (χ1n) is 7.48. The van der Waals surface area contributed by atoms with Crippen LogP contribution in [0.4, 0.5) is 21.5 Å². The van der Waals surface area contributed by atoms with Crippen LogP contribution in [0.25, 0.3) is 0 Å². The predicted octanol–water partition coefficient (Wildman–Crippen LogP) is 5.45. The van der Waals surface area contributed by atoms with Crippen LogP contribution in [-0.4, -0.2) is 24.8 Å². The summed E-state index contributed by atoms with van der Waals surface area (Å²) in [6.07, 6.45) is 1.70. The third-order valence-electron chi connectivity index (χ3n) is 3.65. The van der Waals surface area contributed by atoms with Crippen molar-refractivity contribution in [3.8, 4) is 0 Å². The summed E-state index contributed by atoms with van der Waals surface area (Å²) in [7, 11) is 1.92. The van der Waals surface area contributed by atoms with E-state index in [9.17, 15) is 4.39 Å². The van der Waals surface area contributed by atoms with Crippen LogP contribution in [0.5, 0.6) is 0 Å². The minimum absolute atomic E-state index is 0.346. The molecule has 5 heteroatoms. The van der Waals surface area contributed by atoms with Crippen LogP contribution in [0.15, 0.2) is 35.3 Å². The molecule has 0 aliphatic rings. The molecule has 0 aliphatic heterocycles. The van der Waals surface area contributed by atoms with Gasteiger partial charge >= 0.3 is 0 Å². The molecule has 0 bridgehead atoms. The number of nitrogens with zero attached hydrogens (tertiary/aromatic N) is 2. The summed E-state index contributed by atoms with van der Waals surface area (Å²) in [6, 6.07) is 8.69. The van der Waals surface area contributed by atoms with Crippen LogP contribution >= 0.6 is 11.6 Å². The Morgan fingerprint density at radius 3 is 2.61 bits per heavy atom. The zero-order valence-corrected chi connectivity index (χ0v) is 14.6. The summed E-state index contributed by atoms with van der Waals surface area (Å²) >= 11 is 6.01. The van der Waals surface area contributed by atoms with E-state index in [1.54, 1.807) is 18.5 Å². The number of rotatable bonds is 5. The molecule has 2 aromatic carbocycles. The molecular formula is C18H21ClFN3. The number of nitrogens with one attached hydrogen (secondary N) is 1. The van der Waals surface area contributed by atoms with Gasteiger partial charge in [-0.25, -0.2) is 9.38 Å². The molecule has 0 heterocycles. The Morgan fingerprint density at radius 2 is 1.91 bits per heavy atom. The standard InChI is InChI=1S/C18H21ClFN3/c1-5-23(4)11-21-16-10-15(20)18(8-13(16)3)22-17-9-14(19)7-6-12(17)2/h6-11,22H,5H2,1-4H3/b21-11-. The van der Waals surface area contributed by atoms with E-state index in [-0.39, 0.29) is 5.82 Å². The largest absolute Gasteiger partial charge is 0.366 e. The molecule has 0 radical (unpaired) electrons.